The topological polar surface area (TPSA) is 50.9 Å². The van der Waals surface area contributed by atoms with Crippen molar-refractivity contribution in [2.24, 2.45) is 0 Å². The van der Waals surface area contributed by atoms with Gasteiger partial charge in [-0.1, -0.05) is 11.6 Å². The minimum Gasteiger partial charge on any atom is -0.392 e. The third-order valence-electron chi connectivity index (χ3n) is 2.48. The molecule has 2 aromatic heterocycles. The van der Waals surface area contributed by atoms with Gasteiger partial charge in [0.2, 0.25) is 0 Å². The van der Waals surface area contributed by atoms with Gasteiger partial charge >= 0.3 is 0 Å². The minimum atomic E-state index is -0.0703. The second kappa shape index (κ2) is 4.23. The Morgan fingerprint density at radius 2 is 2.19 bits per heavy atom. The highest BCUT2D eigenvalue weighted by Crippen LogP contribution is 2.23. The fourth-order valence-electron chi connectivity index (χ4n) is 1.61. The fourth-order valence-corrected chi connectivity index (χ4v) is 1.72. The number of aromatic nitrogens is 3. The van der Waals surface area contributed by atoms with Crippen molar-refractivity contribution < 1.29 is 5.11 Å². The summed E-state index contributed by atoms with van der Waals surface area (Å²) in [6.07, 6.45) is 3.29. The van der Waals surface area contributed by atoms with Gasteiger partial charge in [0.15, 0.2) is 0 Å². The Labute approximate surface area is 98.5 Å². The summed E-state index contributed by atoms with van der Waals surface area (Å²) in [6, 6.07) is 1.81. The zero-order chi connectivity index (χ0) is 11.7. The quantitative estimate of drug-likeness (QED) is 0.870. The molecule has 0 bridgehead atoms. The Hall–Kier alpha value is -1.39. The Kier molecular flexibility index (Phi) is 2.94. The zero-order valence-electron chi connectivity index (χ0n) is 9.11. The monoisotopic (exact) mass is 237 g/mol. The van der Waals surface area contributed by atoms with E-state index in [1.165, 1.54) is 0 Å². The molecule has 0 aliphatic heterocycles. The molecule has 0 saturated heterocycles. The lowest BCUT2D eigenvalue weighted by Crippen LogP contribution is -2.04. The maximum Gasteiger partial charge on any atom is 0.0848 e. The van der Waals surface area contributed by atoms with E-state index in [4.69, 9.17) is 11.6 Å². The number of rotatable bonds is 2. The van der Waals surface area contributed by atoms with E-state index < -0.39 is 0 Å². The van der Waals surface area contributed by atoms with Crippen LogP contribution in [-0.4, -0.2) is 19.9 Å². The van der Waals surface area contributed by atoms with Crippen molar-refractivity contribution in [2.75, 3.05) is 0 Å². The van der Waals surface area contributed by atoms with Gasteiger partial charge in [-0.05, 0) is 19.9 Å². The lowest BCUT2D eigenvalue weighted by atomic mass is 10.2. The van der Waals surface area contributed by atoms with Crippen molar-refractivity contribution in [2.45, 2.75) is 20.5 Å². The number of halogens is 1. The third-order valence-corrected chi connectivity index (χ3v) is 3.03. The molecule has 0 spiro atoms. The summed E-state index contributed by atoms with van der Waals surface area (Å²) in [5.74, 6) is 0. The van der Waals surface area contributed by atoms with Gasteiger partial charge in [0.1, 0.15) is 0 Å². The van der Waals surface area contributed by atoms with Gasteiger partial charge in [-0.25, -0.2) is 4.68 Å². The molecule has 5 heteroatoms. The molecule has 2 aromatic rings. The van der Waals surface area contributed by atoms with E-state index in [0.717, 1.165) is 22.6 Å². The van der Waals surface area contributed by atoms with Gasteiger partial charge in [0.05, 0.1) is 28.7 Å². The molecular formula is C11H12ClN3O. The number of aryl methyl sites for hydroxylation is 1. The molecule has 0 atom stereocenters. The first-order valence-electron chi connectivity index (χ1n) is 4.91. The Balaban J connectivity index is 2.63. The first-order valence-corrected chi connectivity index (χ1v) is 5.28. The van der Waals surface area contributed by atoms with Crippen molar-refractivity contribution in [3.8, 4) is 5.69 Å². The molecule has 0 amide bonds. The largest absolute Gasteiger partial charge is 0.392 e. The number of aliphatic hydroxyl groups excluding tert-OH is 1. The van der Waals surface area contributed by atoms with Crippen molar-refractivity contribution in [1.82, 2.24) is 14.8 Å². The SMILES string of the molecule is Cc1nn(-c2ccncc2CO)c(C)c1Cl. The fraction of sp³-hybridized carbons (Fsp3) is 0.273. The molecular weight excluding hydrogens is 226 g/mol. The van der Waals surface area contributed by atoms with Gasteiger partial charge in [0, 0.05) is 18.0 Å². The highest BCUT2D eigenvalue weighted by atomic mass is 35.5. The van der Waals surface area contributed by atoms with E-state index in [1.807, 2.05) is 13.8 Å². The molecule has 0 fully saturated rings. The first kappa shape index (κ1) is 11.1. The second-order valence-electron chi connectivity index (χ2n) is 3.56. The smallest absolute Gasteiger partial charge is 0.0848 e. The van der Waals surface area contributed by atoms with E-state index >= 15 is 0 Å². The molecule has 0 aliphatic carbocycles. The second-order valence-corrected chi connectivity index (χ2v) is 3.94. The van der Waals surface area contributed by atoms with Gasteiger partial charge in [-0.2, -0.15) is 5.10 Å². The standard InChI is InChI=1S/C11H12ClN3O/c1-7-11(12)8(2)15(14-7)10-3-4-13-5-9(10)6-16/h3-5,16H,6H2,1-2H3. The average molecular weight is 238 g/mol. The lowest BCUT2D eigenvalue weighted by Gasteiger charge is -2.08. The van der Waals surface area contributed by atoms with Crippen LogP contribution in [-0.2, 0) is 6.61 Å². The van der Waals surface area contributed by atoms with Crippen molar-refractivity contribution in [3.63, 3.8) is 0 Å². The normalized spacial score (nSPS) is 10.8. The van der Waals surface area contributed by atoms with Crippen LogP contribution >= 0.6 is 11.6 Å². The molecule has 4 nitrogen and oxygen atoms in total. The maximum atomic E-state index is 9.23. The van der Waals surface area contributed by atoms with Crippen LogP contribution < -0.4 is 0 Å². The highest BCUT2D eigenvalue weighted by Gasteiger charge is 2.12. The molecule has 16 heavy (non-hydrogen) atoms. The Morgan fingerprint density at radius 1 is 1.44 bits per heavy atom. The van der Waals surface area contributed by atoms with Crippen LogP contribution in [0.3, 0.4) is 0 Å². The lowest BCUT2D eigenvalue weighted by molar-refractivity contribution is 0.281. The van der Waals surface area contributed by atoms with E-state index in [2.05, 4.69) is 10.1 Å². The average Bonchev–Trinajstić information content (AvgIpc) is 2.57. The minimum absolute atomic E-state index is 0.0703. The highest BCUT2D eigenvalue weighted by molar-refractivity contribution is 6.31. The number of aliphatic hydroxyl groups is 1. The zero-order valence-corrected chi connectivity index (χ0v) is 9.86. The van der Waals surface area contributed by atoms with Crippen LogP contribution in [0, 0.1) is 13.8 Å². The van der Waals surface area contributed by atoms with Crippen LogP contribution in [0.2, 0.25) is 5.02 Å². The number of hydrogen-bond donors (Lipinski definition) is 1. The maximum absolute atomic E-state index is 9.23. The van der Waals surface area contributed by atoms with Gasteiger partial charge in [-0.3, -0.25) is 4.98 Å². The molecule has 0 aromatic carbocycles. The van der Waals surface area contributed by atoms with E-state index in [9.17, 15) is 5.11 Å². The molecule has 1 N–H and O–H groups in total. The van der Waals surface area contributed by atoms with E-state index in [-0.39, 0.29) is 6.61 Å². The van der Waals surface area contributed by atoms with Gasteiger partial charge in [0.25, 0.3) is 0 Å². The van der Waals surface area contributed by atoms with E-state index in [1.54, 1.807) is 23.1 Å². The van der Waals surface area contributed by atoms with Crippen LogP contribution in [0.25, 0.3) is 5.69 Å². The van der Waals surface area contributed by atoms with Crippen LogP contribution in [0.1, 0.15) is 17.0 Å². The number of nitrogens with zero attached hydrogens (tertiary/aromatic N) is 3. The summed E-state index contributed by atoms with van der Waals surface area (Å²) in [4.78, 5) is 3.97. The number of pyridine rings is 1. The third kappa shape index (κ3) is 1.70. The Morgan fingerprint density at radius 3 is 2.75 bits per heavy atom. The molecule has 84 valence electrons. The molecule has 0 saturated carbocycles. The summed E-state index contributed by atoms with van der Waals surface area (Å²) in [7, 11) is 0. The summed E-state index contributed by atoms with van der Waals surface area (Å²) < 4.78 is 1.73. The predicted octanol–water partition coefficient (Wildman–Crippen LogP) is 2.03. The number of hydrogen-bond acceptors (Lipinski definition) is 3. The summed E-state index contributed by atoms with van der Waals surface area (Å²) >= 11 is 6.08. The Bertz CT molecular complexity index is 522. The van der Waals surface area contributed by atoms with Crippen LogP contribution in [0.15, 0.2) is 18.5 Å². The molecule has 2 rings (SSSR count). The van der Waals surface area contributed by atoms with Crippen LogP contribution in [0.5, 0.6) is 0 Å². The van der Waals surface area contributed by atoms with Crippen molar-refractivity contribution in [1.29, 1.82) is 0 Å². The predicted molar refractivity (Wildman–Crippen MR) is 61.8 cm³/mol. The van der Waals surface area contributed by atoms with E-state index in [0.29, 0.717) is 5.02 Å². The summed E-state index contributed by atoms with van der Waals surface area (Å²) in [5.41, 5.74) is 3.18. The van der Waals surface area contributed by atoms with Crippen molar-refractivity contribution >= 4 is 11.6 Å². The molecule has 0 aliphatic rings. The molecule has 0 radical (unpaired) electrons. The first-order chi connectivity index (χ1) is 7.65. The molecule has 0 unspecified atom stereocenters. The molecule has 2 heterocycles. The van der Waals surface area contributed by atoms with Gasteiger partial charge < -0.3 is 5.11 Å². The summed E-state index contributed by atoms with van der Waals surface area (Å²) in [6.45, 7) is 3.68. The summed E-state index contributed by atoms with van der Waals surface area (Å²) in [5, 5.41) is 14.2. The van der Waals surface area contributed by atoms with Gasteiger partial charge in [-0.15, -0.1) is 0 Å². The van der Waals surface area contributed by atoms with Crippen LogP contribution in [0.4, 0.5) is 0 Å². The van der Waals surface area contributed by atoms with Crippen molar-refractivity contribution in [3.05, 3.63) is 40.4 Å².